The molecule has 1 aromatic rings. The summed E-state index contributed by atoms with van der Waals surface area (Å²) in [6.45, 7) is 0.115. The maximum atomic E-state index is 9.97. The third kappa shape index (κ3) is 2.48. The molecule has 0 bridgehead atoms. The number of carbonyl (C=O) groups excluding carboxylic acids is 1. The van der Waals surface area contributed by atoms with E-state index < -0.39 is 0 Å². The molecule has 0 atom stereocenters. The number of ether oxygens (including phenoxy) is 2. The topological polar surface area (TPSA) is 68.1 Å². The van der Waals surface area contributed by atoms with Crippen molar-refractivity contribution in [3.63, 3.8) is 0 Å². The number of rotatable bonds is 4. The van der Waals surface area contributed by atoms with E-state index in [1.807, 2.05) is 0 Å². The van der Waals surface area contributed by atoms with Gasteiger partial charge in [-0.25, -0.2) is 9.79 Å². The summed E-state index contributed by atoms with van der Waals surface area (Å²) in [7, 11) is 2.93. The second-order valence-electron chi connectivity index (χ2n) is 2.74. The first-order chi connectivity index (χ1) is 7.22. The molecule has 0 aliphatic rings. The number of hydrogen-bond donors (Lipinski definition) is 1. The normalized spacial score (nSPS) is 9.20. The molecular weight excluding hydrogens is 198 g/mol. The molecule has 0 amide bonds. The molecule has 80 valence electrons. The van der Waals surface area contributed by atoms with Gasteiger partial charge in [0.05, 0.1) is 20.8 Å². The molecule has 0 aliphatic carbocycles. The number of nitrogens with zero attached hydrogens (tertiary/aromatic N) is 1. The molecule has 0 unspecified atom stereocenters. The molecule has 1 rings (SSSR count). The second-order valence-corrected chi connectivity index (χ2v) is 2.74. The number of methoxy groups -OCH3 is 2. The van der Waals surface area contributed by atoms with Crippen LogP contribution in [-0.2, 0) is 11.3 Å². The highest BCUT2D eigenvalue weighted by Crippen LogP contribution is 2.33. The average Bonchev–Trinajstić information content (AvgIpc) is 2.26. The zero-order valence-electron chi connectivity index (χ0n) is 8.48. The van der Waals surface area contributed by atoms with Crippen LogP contribution in [0.5, 0.6) is 17.2 Å². The average molecular weight is 209 g/mol. The standard InChI is InChI=1S/C10H11NO4/c1-14-9-4-10(15-2)8(13)3-7(9)5-11-6-12/h3-4,13H,5H2,1-2H3. The molecule has 15 heavy (non-hydrogen) atoms. The largest absolute Gasteiger partial charge is 0.504 e. The first-order valence-electron chi connectivity index (χ1n) is 4.20. The van der Waals surface area contributed by atoms with E-state index in [0.29, 0.717) is 17.1 Å². The molecule has 5 heteroatoms. The molecule has 0 fully saturated rings. The molecule has 0 aromatic heterocycles. The van der Waals surface area contributed by atoms with Crippen LogP contribution in [0.3, 0.4) is 0 Å². The summed E-state index contributed by atoms with van der Waals surface area (Å²) in [5, 5.41) is 9.49. The van der Waals surface area contributed by atoms with Gasteiger partial charge in [-0.2, -0.15) is 0 Å². The summed E-state index contributed by atoms with van der Waals surface area (Å²) < 4.78 is 9.97. The van der Waals surface area contributed by atoms with Crippen molar-refractivity contribution in [3.05, 3.63) is 17.7 Å². The number of aromatic hydroxyl groups is 1. The van der Waals surface area contributed by atoms with Gasteiger partial charge in [0.25, 0.3) is 0 Å². The van der Waals surface area contributed by atoms with Crippen LogP contribution in [0.2, 0.25) is 0 Å². The van der Waals surface area contributed by atoms with Gasteiger partial charge in [-0.05, 0) is 6.07 Å². The van der Waals surface area contributed by atoms with Crippen LogP contribution >= 0.6 is 0 Å². The Balaban J connectivity index is 3.14. The van der Waals surface area contributed by atoms with Crippen molar-refractivity contribution >= 4 is 6.08 Å². The van der Waals surface area contributed by atoms with Gasteiger partial charge < -0.3 is 14.6 Å². The van der Waals surface area contributed by atoms with E-state index in [-0.39, 0.29) is 12.3 Å². The Morgan fingerprint density at radius 1 is 1.33 bits per heavy atom. The van der Waals surface area contributed by atoms with E-state index in [4.69, 9.17) is 9.47 Å². The van der Waals surface area contributed by atoms with Crippen LogP contribution in [-0.4, -0.2) is 25.4 Å². The summed E-state index contributed by atoms with van der Waals surface area (Å²) in [6, 6.07) is 2.98. The maximum Gasteiger partial charge on any atom is 0.235 e. The summed E-state index contributed by atoms with van der Waals surface area (Å²) in [6.07, 6.45) is 1.42. The second kappa shape index (κ2) is 5.02. The maximum absolute atomic E-state index is 9.97. The van der Waals surface area contributed by atoms with Gasteiger partial charge in [0.2, 0.25) is 6.08 Å². The number of phenols is 1. The Kier molecular flexibility index (Phi) is 3.71. The lowest BCUT2D eigenvalue weighted by Crippen LogP contribution is -1.93. The van der Waals surface area contributed by atoms with Crippen molar-refractivity contribution in [2.75, 3.05) is 14.2 Å². The van der Waals surface area contributed by atoms with Gasteiger partial charge in [-0.3, -0.25) is 0 Å². The minimum Gasteiger partial charge on any atom is -0.504 e. The number of aliphatic imine (C=N–C) groups is 1. The third-order valence-corrected chi connectivity index (χ3v) is 1.90. The number of benzene rings is 1. The highest BCUT2D eigenvalue weighted by Gasteiger charge is 2.09. The summed E-state index contributed by atoms with van der Waals surface area (Å²) in [4.78, 5) is 13.4. The molecule has 0 spiro atoms. The van der Waals surface area contributed by atoms with Crippen molar-refractivity contribution in [2.45, 2.75) is 6.54 Å². The fourth-order valence-electron chi connectivity index (χ4n) is 1.19. The fourth-order valence-corrected chi connectivity index (χ4v) is 1.19. The number of hydrogen-bond acceptors (Lipinski definition) is 5. The van der Waals surface area contributed by atoms with Gasteiger partial charge in [0.1, 0.15) is 5.75 Å². The van der Waals surface area contributed by atoms with Gasteiger partial charge in [-0.1, -0.05) is 0 Å². The van der Waals surface area contributed by atoms with Gasteiger partial charge in [-0.15, -0.1) is 0 Å². The first-order valence-corrected chi connectivity index (χ1v) is 4.20. The van der Waals surface area contributed by atoms with Gasteiger partial charge in [0, 0.05) is 11.6 Å². The molecule has 1 aromatic carbocycles. The van der Waals surface area contributed by atoms with Crippen LogP contribution in [0.4, 0.5) is 0 Å². The zero-order valence-corrected chi connectivity index (χ0v) is 8.48. The molecular formula is C10H11NO4. The van der Waals surface area contributed by atoms with Crippen LogP contribution < -0.4 is 9.47 Å². The zero-order chi connectivity index (χ0) is 11.3. The monoisotopic (exact) mass is 209 g/mol. The van der Waals surface area contributed by atoms with E-state index in [9.17, 15) is 9.90 Å². The van der Waals surface area contributed by atoms with Crippen molar-refractivity contribution in [1.82, 2.24) is 0 Å². The van der Waals surface area contributed by atoms with Crippen LogP contribution in [0.15, 0.2) is 17.1 Å². The highest BCUT2D eigenvalue weighted by atomic mass is 16.5. The van der Waals surface area contributed by atoms with E-state index in [1.165, 1.54) is 32.4 Å². The van der Waals surface area contributed by atoms with Crippen molar-refractivity contribution in [1.29, 1.82) is 0 Å². The lowest BCUT2D eigenvalue weighted by molar-refractivity contribution is 0.362. The van der Waals surface area contributed by atoms with Crippen LogP contribution in [0.25, 0.3) is 0 Å². The minimum atomic E-state index is -0.0191. The Labute approximate surface area is 87.0 Å². The Morgan fingerprint density at radius 2 is 2.00 bits per heavy atom. The first kappa shape index (κ1) is 11.1. The summed E-state index contributed by atoms with van der Waals surface area (Å²) in [5.41, 5.74) is 0.596. The molecule has 0 radical (unpaired) electrons. The molecule has 0 aliphatic heterocycles. The minimum absolute atomic E-state index is 0.0191. The van der Waals surface area contributed by atoms with Gasteiger partial charge in [0.15, 0.2) is 11.5 Å². The molecule has 0 saturated heterocycles. The SMILES string of the molecule is COc1cc(OC)c(CN=C=O)cc1O. The Hall–Kier alpha value is -2.00. The number of phenolic OH excluding ortho intramolecular Hbond substituents is 1. The molecule has 1 N–H and O–H groups in total. The smallest absolute Gasteiger partial charge is 0.235 e. The van der Waals surface area contributed by atoms with Crippen LogP contribution in [0.1, 0.15) is 5.56 Å². The number of isocyanates is 1. The predicted molar refractivity (Wildman–Crippen MR) is 53.0 cm³/mol. The van der Waals surface area contributed by atoms with Crippen molar-refractivity contribution in [3.8, 4) is 17.2 Å². The predicted octanol–water partition coefficient (Wildman–Crippen LogP) is 1.25. The Bertz CT molecular complexity index is 397. The lowest BCUT2D eigenvalue weighted by atomic mass is 10.1. The quantitative estimate of drug-likeness (QED) is 0.598. The Morgan fingerprint density at radius 3 is 2.53 bits per heavy atom. The van der Waals surface area contributed by atoms with E-state index in [0.717, 1.165) is 0 Å². The highest BCUT2D eigenvalue weighted by molar-refractivity contribution is 5.50. The third-order valence-electron chi connectivity index (χ3n) is 1.90. The van der Waals surface area contributed by atoms with Crippen molar-refractivity contribution in [2.24, 2.45) is 4.99 Å². The summed E-state index contributed by atoms with van der Waals surface area (Å²) in [5.74, 6) is 0.795. The van der Waals surface area contributed by atoms with Crippen LogP contribution in [0, 0.1) is 0 Å². The van der Waals surface area contributed by atoms with Gasteiger partial charge >= 0.3 is 0 Å². The van der Waals surface area contributed by atoms with E-state index in [1.54, 1.807) is 0 Å². The lowest BCUT2D eigenvalue weighted by Gasteiger charge is -2.09. The van der Waals surface area contributed by atoms with Crippen molar-refractivity contribution < 1.29 is 19.4 Å². The molecule has 5 nitrogen and oxygen atoms in total. The van der Waals surface area contributed by atoms with E-state index in [2.05, 4.69) is 4.99 Å². The molecule has 0 saturated carbocycles. The summed E-state index contributed by atoms with van der Waals surface area (Å²) >= 11 is 0. The van der Waals surface area contributed by atoms with E-state index >= 15 is 0 Å². The molecule has 0 heterocycles. The fraction of sp³-hybridized carbons (Fsp3) is 0.300.